The molecule has 0 unspecified atom stereocenters. The second kappa shape index (κ2) is 9.23. The molecule has 0 saturated carbocycles. The summed E-state index contributed by atoms with van der Waals surface area (Å²) in [6.45, 7) is 5.16. The lowest BCUT2D eigenvalue weighted by Gasteiger charge is -2.25. The first-order valence-electron chi connectivity index (χ1n) is 9.31. The Morgan fingerprint density at radius 3 is 2.43 bits per heavy atom. The third kappa shape index (κ3) is 4.95. The number of nitrogens with zero attached hydrogens (tertiary/aromatic N) is 2. The Balaban J connectivity index is 1.92. The largest absolute Gasteiger partial charge is 0.271 e. The summed E-state index contributed by atoms with van der Waals surface area (Å²) < 4.78 is 27.8. The highest BCUT2D eigenvalue weighted by Gasteiger charge is 2.28. The molecule has 3 aromatic rings. The molecule has 0 atom stereocenters. The number of nitrogens with one attached hydrogen (secondary N) is 1. The van der Waals surface area contributed by atoms with Gasteiger partial charge in [0.2, 0.25) is 0 Å². The zero-order chi connectivity index (χ0) is 21.7. The molecule has 156 valence electrons. The summed E-state index contributed by atoms with van der Waals surface area (Å²) in [7, 11) is -3.94. The Morgan fingerprint density at radius 2 is 1.80 bits per heavy atom. The highest BCUT2D eigenvalue weighted by Crippen LogP contribution is 2.27. The number of benzene rings is 2. The first kappa shape index (κ1) is 21.7. The van der Waals surface area contributed by atoms with Gasteiger partial charge in [0.15, 0.2) is 0 Å². The molecule has 0 spiro atoms. The molecular weight excluding hydrogens is 418 g/mol. The number of aryl methyl sites for hydroxylation is 2. The number of thiophene rings is 1. The second-order valence-corrected chi connectivity index (χ2v) is 9.63. The molecule has 0 fully saturated rings. The third-order valence-corrected chi connectivity index (χ3v) is 7.22. The van der Waals surface area contributed by atoms with E-state index in [1.165, 1.54) is 23.5 Å². The number of hydrazone groups is 1. The zero-order valence-corrected chi connectivity index (χ0v) is 18.6. The normalized spacial score (nSPS) is 11.9. The maximum Gasteiger partial charge on any atom is 0.264 e. The summed E-state index contributed by atoms with van der Waals surface area (Å²) in [5, 5.41) is 6.03. The van der Waals surface area contributed by atoms with Crippen molar-refractivity contribution in [1.29, 1.82) is 0 Å². The average molecular weight is 442 g/mol. The highest BCUT2D eigenvalue weighted by atomic mass is 32.2. The van der Waals surface area contributed by atoms with E-state index in [9.17, 15) is 13.2 Å². The van der Waals surface area contributed by atoms with Crippen molar-refractivity contribution in [1.82, 2.24) is 5.43 Å². The van der Waals surface area contributed by atoms with Gasteiger partial charge in [-0.1, -0.05) is 42.0 Å². The number of hydrogen-bond acceptors (Lipinski definition) is 5. The molecule has 0 bridgehead atoms. The molecule has 1 aromatic heterocycles. The third-order valence-electron chi connectivity index (χ3n) is 4.47. The van der Waals surface area contributed by atoms with Gasteiger partial charge >= 0.3 is 0 Å². The summed E-state index contributed by atoms with van der Waals surface area (Å²) in [6.07, 6.45) is 0. The minimum atomic E-state index is -3.94. The Bertz CT molecular complexity index is 1160. The lowest BCUT2D eigenvalue weighted by atomic mass is 10.1. The molecule has 3 rings (SSSR count). The first-order valence-corrected chi connectivity index (χ1v) is 11.6. The minimum Gasteiger partial charge on any atom is -0.271 e. The van der Waals surface area contributed by atoms with Gasteiger partial charge in [0.1, 0.15) is 6.54 Å². The van der Waals surface area contributed by atoms with Crippen LogP contribution in [0, 0.1) is 13.8 Å². The second-order valence-electron chi connectivity index (χ2n) is 6.82. The fraction of sp³-hybridized carbons (Fsp3) is 0.182. The zero-order valence-electron chi connectivity index (χ0n) is 17.0. The molecule has 1 heterocycles. The van der Waals surface area contributed by atoms with E-state index in [0.29, 0.717) is 11.4 Å². The molecule has 0 aliphatic rings. The lowest BCUT2D eigenvalue weighted by molar-refractivity contribution is -0.119. The van der Waals surface area contributed by atoms with E-state index in [1.807, 2.05) is 43.5 Å². The smallest absolute Gasteiger partial charge is 0.264 e. The molecule has 1 amide bonds. The maximum atomic E-state index is 13.3. The van der Waals surface area contributed by atoms with E-state index in [0.717, 1.165) is 20.3 Å². The molecule has 6 nitrogen and oxygen atoms in total. The van der Waals surface area contributed by atoms with Gasteiger partial charge in [0.05, 0.1) is 16.3 Å². The Hall–Kier alpha value is -2.97. The van der Waals surface area contributed by atoms with Crippen LogP contribution >= 0.6 is 11.3 Å². The molecule has 0 aliphatic heterocycles. The van der Waals surface area contributed by atoms with E-state index in [2.05, 4.69) is 10.5 Å². The van der Waals surface area contributed by atoms with Crippen LogP contribution in [0.5, 0.6) is 0 Å². The van der Waals surface area contributed by atoms with Crippen molar-refractivity contribution < 1.29 is 13.2 Å². The van der Waals surface area contributed by atoms with E-state index in [1.54, 1.807) is 31.2 Å². The molecule has 2 aromatic carbocycles. The quantitative estimate of drug-likeness (QED) is 0.443. The van der Waals surface area contributed by atoms with Crippen molar-refractivity contribution in [2.75, 3.05) is 10.8 Å². The standard InChI is InChI=1S/C22H23N3O3S2/c1-16-11-12-20(17(2)14-16)25(30(27,28)19-8-5-4-6-9-19)15-22(26)24-23-18(3)21-10-7-13-29-21/h4-14H,15H2,1-3H3,(H,24,26)/b23-18-. The minimum absolute atomic E-state index is 0.121. The average Bonchev–Trinajstić information content (AvgIpc) is 3.26. The Kier molecular flexibility index (Phi) is 6.69. The van der Waals surface area contributed by atoms with Crippen molar-refractivity contribution in [2.45, 2.75) is 25.7 Å². The van der Waals surface area contributed by atoms with E-state index in [4.69, 9.17) is 0 Å². The van der Waals surface area contributed by atoms with Gasteiger partial charge in [-0.15, -0.1) is 11.3 Å². The van der Waals surface area contributed by atoms with Gasteiger partial charge in [0, 0.05) is 4.88 Å². The van der Waals surface area contributed by atoms with Crippen LogP contribution in [0.3, 0.4) is 0 Å². The van der Waals surface area contributed by atoms with Crippen molar-refractivity contribution in [3.63, 3.8) is 0 Å². The summed E-state index contributed by atoms with van der Waals surface area (Å²) >= 11 is 1.51. The van der Waals surface area contributed by atoms with Crippen molar-refractivity contribution >= 4 is 38.7 Å². The van der Waals surface area contributed by atoms with Gasteiger partial charge in [-0.05, 0) is 56.0 Å². The van der Waals surface area contributed by atoms with Crippen LogP contribution in [-0.4, -0.2) is 26.6 Å². The van der Waals surface area contributed by atoms with Gasteiger partial charge in [0.25, 0.3) is 15.9 Å². The predicted molar refractivity (Wildman–Crippen MR) is 122 cm³/mol. The summed E-state index contributed by atoms with van der Waals surface area (Å²) in [5.41, 5.74) is 5.36. The van der Waals surface area contributed by atoms with E-state index in [-0.39, 0.29) is 11.4 Å². The Labute approximate surface area is 180 Å². The number of anilines is 1. The fourth-order valence-electron chi connectivity index (χ4n) is 2.96. The predicted octanol–water partition coefficient (Wildman–Crippen LogP) is 4.10. The van der Waals surface area contributed by atoms with Crippen LogP contribution in [0.25, 0.3) is 0 Å². The van der Waals surface area contributed by atoms with Crippen LogP contribution < -0.4 is 9.73 Å². The maximum absolute atomic E-state index is 13.3. The molecular formula is C22H23N3O3S2. The molecule has 0 radical (unpaired) electrons. The monoisotopic (exact) mass is 441 g/mol. The lowest BCUT2D eigenvalue weighted by Crippen LogP contribution is -2.40. The van der Waals surface area contributed by atoms with Crippen LogP contribution in [0.15, 0.2) is 76.0 Å². The van der Waals surface area contributed by atoms with Gasteiger partial charge in [-0.25, -0.2) is 13.8 Å². The van der Waals surface area contributed by atoms with Crippen molar-refractivity contribution in [3.8, 4) is 0 Å². The first-order chi connectivity index (χ1) is 14.3. The van der Waals surface area contributed by atoms with Crippen LogP contribution in [-0.2, 0) is 14.8 Å². The number of amides is 1. The number of rotatable bonds is 7. The molecule has 1 N–H and O–H groups in total. The number of carbonyl (C=O) groups is 1. The topological polar surface area (TPSA) is 78.8 Å². The van der Waals surface area contributed by atoms with Gasteiger partial charge < -0.3 is 0 Å². The molecule has 8 heteroatoms. The number of carbonyl (C=O) groups excluding carboxylic acids is 1. The number of hydrogen-bond donors (Lipinski definition) is 1. The SMILES string of the molecule is C/C(=N/NC(=O)CN(c1ccc(C)cc1C)S(=O)(=O)c1ccccc1)c1cccs1. The fourth-order valence-corrected chi connectivity index (χ4v) is 5.14. The summed E-state index contributed by atoms with van der Waals surface area (Å²) in [6, 6.07) is 17.3. The van der Waals surface area contributed by atoms with Gasteiger partial charge in [-0.3, -0.25) is 9.10 Å². The van der Waals surface area contributed by atoms with Crippen LogP contribution in [0.1, 0.15) is 22.9 Å². The Morgan fingerprint density at radius 1 is 1.07 bits per heavy atom. The molecule has 30 heavy (non-hydrogen) atoms. The van der Waals surface area contributed by atoms with Crippen molar-refractivity contribution in [3.05, 3.63) is 82.0 Å². The number of sulfonamides is 1. The van der Waals surface area contributed by atoms with E-state index >= 15 is 0 Å². The van der Waals surface area contributed by atoms with Gasteiger partial charge in [-0.2, -0.15) is 5.10 Å². The summed E-state index contributed by atoms with van der Waals surface area (Å²) in [4.78, 5) is 13.7. The molecule has 0 saturated heterocycles. The van der Waals surface area contributed by atoms with E-state index < -0.39 is 15.9 Å². The van der Waals surface area contributed by atoms with Crippen LogP contribution in [0.2, 0.25) is 0 Å². The highest BCUT2D eigenvalue weighted by molar-refractivity contribution is 7.92. The van der Waals surface area contributed by atoms with Crippen LogP contribution in [0.4, 0.5) is 5.69 Å². The molecule has 0 aliphatic carbocycles. The summed E-state index contributed by atoms with van der Waals surface area (Å²) in [5.74, 6) is -0.523. The van der Waals surface area contributed by atoms with Crippen molar-refractivity contribution in [2.24, 2.45) is 5.10 Å².